The highest BCUT2D eigenvalue weighted by atomic mass is 16.5. The number of aryl methyl sites for hydroxylation is 1. The van der Waals surface area contributed by atoms with Crippen LogP contribution >= 0.6 is 0 Å². The highest BCUT2D eigenvalue weighted by molar-refractivity contribution is 6.02. The van der Waals surface area contributed by atoms with Gasteiger partial charge in [-0.05, 0) is 57.0 Å². The zero-order chi connectivity index (χ0) is 25.9. The maximum Gasteiger partial charge on any atom is 0.296 e. The molecule has 0 spiro atoms. The number of likely N-dealkylation sites (N-methyl/N-ethyl adjacent to an activating group) is 1. The van der Waals surface area contributed by atoms with Crippen molar-refractivity contribution in [1.82, 2.24) is 29.4 Å². The molecule has 4 heterocycles. The number of carbonyl (C=O) groups excluding carboxylic acids is 2. The molecule has 0 bridgehead atoms. The number of fused-ring (bicyclic) bond motifs is 1. The summed E-state index contributed by atoms with van der Waals surface area (Å²) in [5.41, 5.74) is 3.66. The summed E-state index contributed by atoms with van der Waals surface area (Å²) in [6, 6.07) is 8.10. The second-order valence-corrected chi connectivity index (χ2v) is 10.1. The lowest BCUT2D eigenvalue weighted by atomic mass is 10.1. The van der Waals surface area contributed by atoms with Crippen LogP contribution < -0.4 is 5.32 Å². The molecular weight excluding hydrogens is 470 g/mol. The van der Waals surface area contributed by atoms with E-state index >= 15 is 0 Å². The van der Waals surface area contributed by atoms with Gasteiger partial charge in [0, 0.05) is 57.9 Å². The molecule has 5 rings (SSSR count). The fourth-order valence-electron chi connectivity index (χ4n) is 5.28. The van der Waals surface area contributed by atoms with Gasteiger partial charge in [-0.15, -0.1) is 0 Å². The smallest absolute Gasteiger partial charge is 0.296 e. The van der Waals surface area contributed by atoms with Gasteiger partial charge in [-0.2, -0.15) is 0 Å². The van der Waals surface area contributed by atoms with Gasteiger partial charge in [0.2, 0.25) is 17.6 Å². The van der Waals surface area contributed by atoms with E-state index in [9.17, 15) is 9.59 Å². The van der Waals surface area contributed by atoms with E-state index in [0.717, 1.165) is 63.0 Å². The molecule has 37 heavy (non-hydrogen) atoms. The minimum absolute atomic E-state index is 0.0427. The first-order valence-electron chi connectivity index (χ1n) is 13.0. The summed E-state index contributed by atoms with van der Waals surface area (Å²) < 4.78 is 7.30. The van der Waals surface area contributed by atoms with E-state index in [0.29, 0.717) is 24.7 Å². The predicted molar refractivity (Wildman–Crippen MR) is 141 cm³/mol. The van der Waals surface area contributed by atoms with Gasteiger partial charge in [0.25, 0.3) is 5.91 Å². The summed E-state index contributed by atoms with van der Waals surface area (Å²) in [6.07, 6.45) is 3.87. The molecule has 0 aliphatic carbocycles. The Labute approximate surface area is 216 Å². The van der Waals surface area contributed by atoms with Gasteiger partial charge in [-0.25, -0.2) is 4.98 Å². The number of benzene rings is 1. The van der Waals surface area contributed by atoms with Gasteiger partial charge in [0.05, 0.1) is 16.7 Å². The van der Waals surface area contributed by atoms with Crippen molar-refractivity contribution in [2.45, 2.75) is 38.8 Å². The summed E-state index contributed by atoms with van der Waals surface area (Å²) in [5, 5.41) is 6.80. The first-order valence-corrected chi connectivity index (χ1v) is 13.0. The Morgan fingerprint density at radius 1 is 1.14 bits per heavy atom. The number of hydrogen-bond donors (Lipinski definition) is 1. The Morgan fingerprint density at radius 2 is 1.95 bits per heavy atom. The van der Waals surface area contributed by atoms with Crippen LogP contribution in [0.1, 0.15) is 47.1 Å². The average molecular weight is 506 g/mol. The van der Waals surface area contributed by atoms with Crippen LogP contribution in [0.2, 0.25) is 0 Å². The zero-order valence-corrected chi connectivity index (χ0v) is 21.7. The largest absolute Gasteiger partial charge is 0.351 e. The van der Waals surface area contributed by atoms with Crippen molar-refractivity contribution in [3.8, 4) is 0 Å². The molecule has 0 radical (unpaired) electrons. The molecule has 2 saturated heterocycles. The normalized spacial score (nSPS) is 19.6. The number of nitrogens with one attached hydrogen (secondary N) is 1. The quantitative estimate of drug-likeness (QED) is 0.514. The van der Waals surface area contributed by atoms with Crippen molar-refractivity contribution in [1.29, 1.82) is 0 Å². The van der Waals surface area contributed by atoms with Gasteiger partial charge in [-0.1, -0.05) is 17.8 Å². The molecule has 3 aromatic rings. The van der Waals surface area contributed by atoms with Crippen LogP contribution in [0.4, 0.5) is 5.95 Å². The Balaban J connectivity index is 1.45. The SMILES string of the molecule is C=CC(=O)N1CCC[C@@H](n2c(NC(=O)c3cc(C)no3)nc3cc(CN4CCN(C)CC4)ccc32)CC1. The second kappa shape index (κ2) is 10.9. The van der Waals surface area contributed by atoms with E-state index in [4.69, 9.17) is 9.51 Å². The molecular formula is C27H35N7O3. The monoisotopic (exact) mass is 505 g/mol. The van der Waals surface area contributed by atoms with Crippen LogP contribution in [-0.4, -0.2) is 87.5 Å². The number of anilines is 1. The molecule has 0 saturated carbocycles. The summed E-state index contributed by atoms with van der Waals surface area (Å²) in [6.45, 7) is 11.8. The molecule has 1 N–H and O–H groups in total. The molecule has 10 heteroatoms. The van der Waals surface area contributed by atoms with E-state index in [-0.39, 0.29) is 23.6 Å². The van der Waals surface area contributed by atoms with Gasteiger partial charge in [-0.3, -0.25) is 19.8 Å². The molecule has 1 aromatic carbocycles. The van der Waals surface area contributed by atoms with Crippen molar-refractivity contribution >= 4 is 28.8 Å². The Hall–Kier alpha value is -3.50. The van der Waals surface area contributed by atoms with Crippen LogP contribution in [0.5, 0.6) is 0 Å². The number of carbonyl (C=O) groups is 2. The topological polar surface area (TPSA) is 99.7 Å². The molecule has 2 fully saturated rings. The lowest BCUT2D eigenvalue weighted by molar-refractivity contribution is -0.125. The predicted octanol–water partition coefficient (Wildman–Crippen LogP) is 3.07. The molecule has 2 aromatic heterocycles. The van der Waals surface area contributed by atoms with Crippen molar-refractivity contribution < 1.29 is 14.1 Å². The van der Waals surface area contributed by atoms with Crippen LogP contribution in [-0.2, 0) is 11.3 Å². The average Bonchev–Trinajstić information content (AvgIpc) is 3.39. The van der Waals surface area contributed by atoms with Crippen LogP contribution in [0, 0.1) is 6.92 Å². The Bertz CT molecular complexity index is 1290. The van der Waals surface area contributed by atoms with E-state index in [1.165, 1.54) is 11.6 Å². The number of piperazine rings is 1. The summed E-state index contributed by atoms with van der Waals surface area (Å²) in [5.74, 6) is 0.209. The zero-order valence-electron chi connectivity index (χ0n) is 21.7. The second-order valence-electron chi connectivity index (χ2n) is 10.1. The Kier molecular flexibility index (Phi) is 7.38. The van der Waals surface area contributed by atoms with Crippen LogP contribution in [0.3, 0.4) is 0 Å². The van der Waals surface area contributed by atoms with Crippen LogP contribution in [0.25, 0.3) is 11.0 Å². The maximum absolute atomic E-state index is 13.0. The number of hydrogen-bond acceptors (Lipinski definition) is 7. The van der Waals surface area contributed by atoms with Crippen molar-refractivity contribution in [3.63, 3.8) is 0 Å². The number of aromatic nitrogens is 3. The third kappa shape index (κ3) is 5.60. The van der Waals surface area contributed by atoms with Gasteiger partial charge in [0.15, 0.2) is 0 Å². The fraction of sp³-hybridized carbons (Fsp3) is 0.481. The van der Waals surface area contributed by atoms with E-state index in [1.807, 2.05) is 4.90 Å². The highest BCUT2D eigenvalue weighted by Gasteiger charge is 2.26. The highest BCUT2D eigenvalue weighted by Crippen LogP contribution is 2.32. The summed E-state index contributed by atoms with van der Waals surface area (Å²) in [4.78, 5) is 36.7. The molecule has 2 aliphatic rings. The lowest BCUT2D eigenvalue weighted by Gasteiger charge is -2.32. The van der Waals surface area contributed by atoms with Crippen molar-refractivity contribution in [2.75, 3.05) is 51.6 Å². The molecule has 10 nitrogen and oxygen atoms in total. The molecule has 196 valence electrons. The van der Waals surface area contributed by atoms with Crippen LogP contribution in [0.15, 0.2) is 41.4 Å². The Morgan fingerprint density at radius 3 is 2.68 bits per heavy atom. The van der Waals surface area contributed by atoms with E-state index in [1.54, 1.807) is 13.0 Å². The minimum Gasteiger partial charge on any atom is -0.351 e. The van der Waals surface area contributed by atoms with E-state index in [2.05, 4.69) is 56.7 Å². The molecule has 0 unspecified atom stereocenters. The van der Waals surface area contributed by atoms with Gasteiger partial charge < -0.3 is 18.9 Å². The summed E-state index contributed by atoms with van der Waals surface area (Å²) >= 11 is 0. The van der Waals surface area contributed by atoms with Crippen molar-refractivity contribution in [2.24, 2.45) is 0 Å². The van der Waals surface area contributed by atoms with Gasteiger partial charge >= 0.3 is 0 Å². The van der Waals surface area contributed by atoms with Crippen molar-refractivity contribution in [3.05, 3.63) is 53.9 Å². The number of nitrogens with zero attached hydrogens (tertiary/aromatic N) is 6. The number of amides is 2. The molecule has 2 aliphatic heterocycles. The standard InChI is InChI=1S/C27H35N7O3/c1-4-25(35)33-10-5-6-21(9-11-33)34-23-8-7-20(18-32-14-12-31(3)13-15-32)17-22(23)28-27(34)29-26(36)24-16-19(2)30-37-24/h4,7-8,16-17,21H,1,5-6,9-15,18H2,2-3H3,(H,28,29,36)/t21-/m1/s1. The molecule has 2 amide bonds. The van der Waals surface area contributed by atoms with E-state index < -0.39 is 0 Å². The number of rotatable bonds is 6. The number of imidazole rings is 1. The summed E-state index contributed by atoms with van der Waals surface area (Å²) in [7, 11) is 2.16. The molecule has 1 atom stereocenters. The third-order valence-electron chi connectivity index (χ3n) is 7.38. The van der Waals surface area contributed by atoms with Gasteiger partial charge in [0.1, 0.15) is 0 Å². The third-order valence-corrected chi connectivity index (χ3v) is 7.38. The first kappa shape index (κ1) is 25.2. The fourth-order valence-corrected chi connectivity index (χ4v) is 5.28. The number of likely N-dealkylation sites (tertiary alicyclic amines) is 1. The minimum atomic E-state index is -0.383. The first-order chi connectivity index (χ1) is 17.9. The lowest BCUT2D eigenvalue weighted by Crippen LogP contribution is -2.43. The maximum atomic E-state index is 13.0.